The fraction of sp³-hybridized carbons (Fsp3) is 0.316. The molecular formula is C38H34K2N12O14S4. The number of benzene rings is 2. The quantitative estimate of drug-likeness (QED) is 0.0306. The second-order valence-corrected chi connectivity index (χ2v) is 18.6. The number of β-lactam (4-membered cyclic amide) rings is 2. The molecule has 26 nitrogen and oxygen atoms in total. The van der Waals surface area contributed by atoms with Crippen molar-refractivity contribution >= 4 is 94.6 Å². The molecule has 2 aromatic carbocycles. The smallest absolute Gasteiger partial charge is 0.543 e. The molecule has 2 fully saturated rings. The predicted molar refractivity (Wildman–Crippen MR) is 229 cm³/mol. The number of aliphatic hydroxyl groups excluding tert-OH is 2. The molecule has 0 radical (unpaired) electrons. The van der Waals surface area contributed by atoms with E-state index in [9.17, 15) is 58.8 Å². The van der Waals surface area contributed by atoms with Gasteiger partial charge in [0.1, 0.15) is 35.9 Å². The summed E-state index contributed by atoms with van der Waals surface area (Å²) in [5, 5.41) is 87.5. The Kier molecular flexibility index (Phi) is 21.2. The van der Waals surface area contributed by atoms with Crippen LogP contribution in [0.4, 0.5) is 0 Å². The monoisotopic (exact) mass is 1090 g/mol. The molecule has 0 bridgehead atoms. The zero-order valence-electron chi connectivity index (χ0n) is 36.5. The normalized spacial score (nSPS) is 19.8. The SMILES string of the molecule is O=C(O)Cn1nnnc1SCC1=C(C(=O)[O-])N2C(=O)C(NC(=O)[C@H](O)c3ccccc3)[C@H]2SC1.O=C(O)Cn1nnnc1SCC1=C(C(=O)[O-])N2C(=O)C(NC(=O)[C@H](O)c3ccccc3)[C@H]2SC1.[K+].[K+]. The third kappa shape index (κ3) is 13.1. The molecule has 4 aromatic rings. The zero-order valence-corrected chi connectivity index (χ0v) is 46.0. The fourth-order valence-corrected chi connectivity index (χ4v) is 11.7. The average Bonchev–Trinajstić information content (AvgIpc) is 3.97. The van der Waals surface area contributed by atoms with E-state index in [-0.39, 0.29) is 147 Å². The van der Waals surface area contributed by atoms with Gasteiger partial charge in [0.05, 0.1) is 23.3 Å². The summed E-state index contributed by atoms with van der Waals surface area (Å²) >= 11 is 4.55. The Labute approximate surface area is 496 Å². The molecule has 0 spiro atoms. The summed E-state index contributed by atoms with van der Waals surface area (Å²) in [5.41, 5.74) is 0.872. The summed E-state index contributed by atoms with van der Waals surface area (Å²) in [5.74, 6) is -7.59. The van der Waals surface area contributed by atoms with Crippen molar-refractivity contribution in [3.8, 4) is 0 Å². The predicted octanol–water partition coefficient (Wildman–Crippen LogP) is -10.0. The summed E-state index contributed by atoms with van der Waals surface area (Å²) in [4.78, 5) is 98.0. The Morgan fingerprint density at radius 1 is 0.643 bits per heavy atom. The van der Waals surface area contributed by atoms with Crippen molar-refractivity contribution in [2.24, 2.45) is 0 Å². The molecule has 4 amide bonds. The van der Waals surface area contributed by atoms with Gasteiger partial charge in [0, 0.05) is 23.0 Å². The van der Waals surface area contributed by atoms with E-state index in [1.54, 1.807) is 60.7 Å². The first kappa shape index (κ1) is 57.3. The number of carbonyl (C=O) groups excluding carboxylic acids is 6. The molecule has 4 aliphatic heterocycles. The molecule has 2 unspecified atom stereocenters. The van der Waals surface area contributed by atoms with Gasteiger partial charge in [-0.3, -0.25) is 38.6 Å². The molecular weight excluding hydrogens is 1050 g/mol. The van der Waals surface area contributed by atoms with E-state index < -0.39 is 95.6 Å². The van der Waals surface area contributed by atoms with Gasteiger partial charge in [-0.1, -0.05) is 84.2 Å². The molecule has 6 heterocycles. The number of tetrazole rings is 2. The number of nitrogens with one attached hydrogen (secondary N) is 2. The topological polar surface area (TPSA) is 381 Å². The number of nitrogens with zero attached hydrogens (tertiary/aromatic N) is 10. The van der Waals surface area contributed by atoms with Crippen LogP contribution in [-0.4, -0.2) is 164 Å². The number of aliphatic carboxylic acids is 4. The second kappa shape index (κ2) is 25.9. The molecule has 6 N–H and O–H groups in total. The Balaban J connectivity index is 0.000000254. The standard InChI is InChI=1S/2C19H18N6O7S2.2K/c2*26-11(27)6-24-19(21-22-23-24)34-8-10-7-33-17-12(16(30)25(17)13(10)18(31)32)20-15(29)14(28)9-4-2-1-3-5-9;;/h2*1-5,12,14,17,28H,6-8H2,(H,20,29)(H,26,27)(H,31,32);;/q;;2*+1/p-2/t2*12?,14-,17-;;/m11../s1. The number of aromatic nitrogens is 8. The number of thioether (sulfide) groups is 4. The van der Waals surface area contributed by atoms with Crippen LogP contribution >= 0.6 is 47.0 Å². The van der Waals surface area contributed by atoms with E-state index in [4.69, 9.17) is 10.2 Å². The van der Waals surface area contributed by atoms with E-state index in [0.717, 1.165) is 42.7 Å². The Morgan fingerprint density at radius 3 is 1.33 bits per heavy atom. The number of carbonyl (C=O) groups is 8. The van der Waals surface area contributed by atoms with Crippen LogP contribution in [0.25, 0.3) is 0 Å². The molecule has 2 aromatic heterocycles. The molecule has 356 valence electrons. The van der Waals surface area contributed by atoms with Gasteiger partial charge in [0.15, 0.2) is 12.2 Å². The Bertz CT molecular complexity index is 2540. The van der Waals surface area contributed by atoms with E-state index >= 15 is 0 Å². The van der Waals surface area contributed by atoms with Crippen molar-refractivity contribution < 1.29 is 172 Å². The molecule has 32 heteroatoms. The third-order valence-electron chi connectivity index (χ3n) is 10.1. The maximum absolute atomic E-state index is 12.7. The van der Waals surface area contributed by atoms with Gasteiger partial charge < -0.3 is 50.9 Å². The number of carboxylic acid groups (broad SMARTS) is 4. The first-order valence-corrected chi connectivity index (χ1v) is 23.7. The van der Waals surface area contributed by atoms with E-state index in [2.05, 4.69) is 41.7 Å². The number of hydrogen-bond acceptors (Lipinski definition) is 22. The van der Waals surface area contributed by atoms with Crippen LogP contribution in [0.1, 0.15) is 23.3 Å². The van der Waals surface area contributed by atoms with Crippen LogP contribution in [0.5, 0.6) is 0 Å². The van der Waals surface area contributed by atoms with Crippen molar-refractivity contribution in [3.05, 3.63) is 94.3 Å². The van der Waals surface area contributed by atoms with Crippen molar-refractivity contribution in [1.82, 2.24) is 60.8 Å². The molecule has 6 atom stereocenters. The minimum Gasteiger partial charge on any atom is -0.543 e. The minimum atomic E-state index is -1.55. The molecule has 0 aliphatic carbocycles. The van der Waals surface area contributed by atoms with Crippen molar-refractivity contribution in [2.75, 3.05) is 23.0 Å². The number of rotatable bonds is 18. The maximum atomic E-state index is 12.7. The van der Waals surface area contributed by atoms with Crippen LogP contribution in [0.2, 0.25) is 0 Å². The van der Waals surface area contributed by atoms with Crippen LogP contribution in [0.15, 0.2) is 93.5 Å². The van der Waals surface area contributed by atoms with Gasteiger partial charge >= 0.3 is 115 Å². The largest absolute Gasteiger partial charge is 1.00 e. The summed E-state index contributed by atoms with van der Waals surface area (Å²) in [6.45, 7) is -0.918. The number of hydrogen-bond donors (Lipinski definition) is 6. The molecule has 8 rings (SSSR count). The summed E-state index contributed by atoms with van der Waals surface area (Å²) < 4.78 is 2.12. The van der Waals surface area contributed by atoms with Gasteiger partial charge in [0.25, 0.3) is 23.6 Å². The molecule has 4 aliphatic rings. The third-order valence-corrected chi connectivity index (χ3v) is 14.9. The average molecular weight is 1090 g/mol. The van der Waals surface area contributed by atoms with Crippen molar-refractivity contribution in [1.29, 1.82) is 0 Å². The van der Waals surface area contributed by atoms with Gasteiger partial charge in [-0.2, -0.15) is 0 Å². The molecule has 70 heavy (non-hydrogen) atoms. The summed E-state index contributed by atoms with van der Waals surface area (Å²) in [7, 11) is 0. The summed E-state index contributed by atoms with van der Waals surface area (Å²) in [6, 6.07) is 14.4. The van der Waals surface area contributed by atoms with Gasteiger partial charge in [-0.15, -0.1) is 33.7 Å². The van der Waals surface area contributed by atoms with Crippen molar-refractivity contribution in [2.45, 2.75) is 58.4 Å². The first-order chi connectivity index (χ1) is 32.5. The van der Waals surface area contributed by atoms with Crippen LogP contribution in [0, 0.1) is 0 Å². The maximum Gasteiger partial charge on any atom is 1.00 e. The van der Waals surface area contributed by atoms with Crippen LogP contribution in [-0.2, 0) is 51.4 Å². The summed E-state index contributed by atoms with van der Waals surface area (Å²) in [6.07, 6.45) is -2.95. The zero-order chi connectivity index (χ0) is 48.8. The van der Waals surface area contributed by atoms with Crippen LogP contribution in [0.3, 0.4) is 0 Å². The van der Waals surface area contributed by atoms with E-state index in [1.165, 1.54) is 23.5 Å². The second-order valence-electron chi connectivity index (χ2n) is 14.5. The minimum absolute atomic E-state index is 0. The van der Waals surface area contributed by atoms with Gasteiger partial charge in [0.2, 0.25) is 10.3 Å². The number of amides is 4. The van der Waals surface area contributed by atoms with E-state index in [1.807, 2.05) is 0 Å². The van der Waals surface area contributed by atoms with Gasteiger partial charge in [-0.05, 0) is 43.1 Å². The number of carboxylic acids is 4. The van der Waals surface area contributed by atoms with Gasteiger partial charge in [-0.25, -0.2) is 9.36 Å². The van der Waals surface area contributed by atoms with Crippen LogP contribution < -0.4 is 124 Å². The first-order valence-electron chi connectivity index (χ1n) is 19.6. The van der Waals surface area contributed by atoms with Crippen molar-refractivity contribution in [3.63, 3.8) is 0 Å². The number of aliphatic hydroxyl groups is 2. The number of fused-ring (bicyclic) bond motifs is 2. The molecule has 2 saturated heterocycles. The Hall–Kier alpha value is -3.59. The fourth-order valence-electron chi connectivity index (χ4n) is 6.96. The van der Waals surface area contributed by atoms with E-state index in [0.29, 0.717) is 22.3 Å². The molecule has 0 saturated carbocycles. The Morgan fingerprint density at radius 2 is 1.00 bits per heavy atom.